The van der Waals surface area contributed by atoms with Gasteiger partial charge in [0.15, 0.2) is 5.78 Å². The Morgan fingerprint density at radius 2 is 1.77 bits per heavy atom. The topological polar surface area (TPSA) is 63.7 Å². The van der Waals surface area contributed by atoms with Crippen LogP contribution in [0.25, 0.3) is 0 Å². The van der Waals surface area contributed by atoms with Crippen LogP contribution in [0, 0.1) is 5.82 Å². The molecule has 0 spiro atoms. The lowest BCUT2D eigenvalue weighted by Crippen LogP contribution is -2.35. The van der Waals surface area contributed by atoms with Crippen molar-refractivity contribution in [2.45, 2.75) is 6.04 Å². The minimum Gasteiger partial charge on any atom is -0.446 e. The molecule has 0 unspecified atom stereocenters. The number of cyclic esters (lactones) is 1. The van der Waals surface area contributed by atoms with E-state index in [0.29, 0.717) is 5.56 Å². The lowest BCUT2D eigenvalue weighted by molar-refractivity contribution is -0.126. The highest BCUT2D eigenvalue weighted by atomic mass is 32.2. The van der Waals surface area contributed by atoms with Crippen LogP contribution in [-0.4, -0.2) is 40.8 Å². The first-order valence-electron chi connectivity index (χ1n) is 7.96. The second-order valence-corrected chi connectivity index (χ2v) is 6.68. The molecule has 5 nitrogen and oxygen atoms in total. The summed E-state index contributed by atoms with van der Waals surface area (Å²) in [4.78, 5) is 37.5. The summed E-state index contributed by atoms with van der Waals surface area (Å²) in [5, 5.41) is 0. The molecular weight excluding hydrogens is 357 g/mol. The van der Waals surface area contributed by atoms with E-state index in [1.54, 1.807) is 0 Å². The first-order chi connectivity index (χ1) is 12.6. The summed E-state index contributed by atoms with van der Waals surface area (Å²) >= 11 is 1.11. The number of amides is 2. The van der Waals surface area contributed by atoms with Crippen LogP contribution in [0.1, 0.15) is 22.0 Å². The zero-order valence-corrected chi connectivity index (χ0v) is 14.6. The van der Waals surface area contributed by atoms with Gasteiger partial charge in [0.05, 0.1) is 11.5 Å². The van der Waals surface area contributed by atoms with E-state index in [0.717, 1.165) is 22.2 Å². The van der Waals surface area contributed by atoms with Gasteiger partial charge in [-0.3, -0.25) is 9.59 Å². The van der Waals surface area contributed by atoms with Crippen molar-refractivity contribution < 1.29 is 23.5 Å². The van der Waals surface area contributed by atoms with Crippen LogP contribution in [0.15, 0.2) is 54.6 Å². The predicted octanol–water partition coefficient (Wildman–Crippen LogP) is 3.46. The minimum atomic E-state index is -0.672. The Kier molecular flexibility index (Phi) is 5.68. The van der Waals surface area contributed by atoms with E-state index in [1.807, 2.05) is 30.3 Å². The van der Waals surface area contributed by atoms with Gasteiger partial charge in [-0.25, -0.2) is 14.1 Å². The summed E-state index contributed by atoms with van der Waals surface area (Å²) in [5.74, 6) is -0.977. The molecule has 2 amide bonds. The average molecular weight is 373 g/mol. The van der Waals surface area contributed by atoms with Gasteiger partial charge >= 0.3 is 6.09 Å². The second-order valence-electron chi connectivity index (χ2n) is 5.69. The first kappa shape index (κ1) is 18.1. The van der Waals surface area contributed by atoms with E-state index >= 15 is 0 Å². The molecule has 1 aliphatic rings. The zero-order valence-electron chi connectivity index (χ0n) is 13.8. The van der Waals surface area contributed by atoms with Crippen LogP contribution < -0.4 is 0 Å². The maximum Gasteiger partial charge on any atom is 0.417 e. The molecule has 2 aromatic carbocycles. The third-order valence-electron chi connectivity index (χ3n) is 3.95. The van der Waals surface area contributed by atoms with Crippen LogP contribution in [0.5, 0.6) is 0 Å². The number of benzene rings is 2. The number of hydrogen-bond donors (Lipinski definition) is 0. The summed E-state index contributed by atoms with van der Waals surface area (Å²) in [6, 6.07) is 14.0. The quantitative estimate of drug-likeness (QED) is 0.726. The Morgan fingerprint density at radius 1 is 1.08 bits per heavy atom. The van der Waals surface area contributed by atoms with Gasteiger partial charge in [0.2, 0.25) is 5.91 Å². The van der Waals surface area contributed by atoms with Gasteiger partial charge in [-0.15, -0.1) is 11.8 Å². The summed E-state index contributed by atoms with van der Waals surface area (Å²) in [5.41, 5.74) is 1.20. The molecule has 3 rings (SSSR count). The van der Waals surface area contributed by atoms with Crippen molar-refractivity contribution in [1.29, 1.82) is 0 Å². The number of ketones is 1. The highest BCUT2D eigenvalue weighted by Crippen LogP contribution is 2.28. The van der Waals surface area contributed by atoms with Crippen LogP contribution in [0.3, 0.4) is 0 Å². The highest BCUT2D eigenvalue weighted by Gasteiger charge is 2.38. The van der Waals surface area contributed by atoms with Crippen molar-refractivity contribution in [1.82, 2.24) is 4.90 Å². The molecular formula is C19H16FNO4S. The molecule has 0 radical (unpaired) electrons. The summed E-state index contributed by atoms with van der Waals surface area (Å²) in [7, 11) is 0. The maximum absolute atomic E-state index is 12.9. The summed E-state index contributed by atoms with van der Waals surface area (Å²) < 4.78 is 17.9. The second kappa shape index (κ2) is 8.14. The molecule has 2 aromatic rings. The third-order valence-corrected chi connectivity index (χ3v) is 4.87. The van der Waals surface area contributed by atoms with Gasteiger partial charge in [0.1, 0.15) is 18.5 Å². The predicted molar refractivity (Wildman–Crippen MR) is 95.4 cm³/mol. The van der Waals surface area contributed by atoms with Crippen LogP contribution in [0.2, 0.25) is 0 Å². The molecule has 7 heteroatoms. The third kappa shape index (κ3) is 4.11. The fourth-order valence-corrected chi connectivity index (χ4v) is 3.41. The summed E-state index contributed by atoms with van der Waals surface area (Å²) in [6.45, 7) is 0.119. The molecule has 0 N–H and O–H groups in total. The smallest absolute Gasteiger partial charge is 0.417 e. The fourth-order valence-electron chi connectivity index (χ4n) is 2.64. The number of carbonyl (C=O) groups is 3. The molecule has 0 aromatic heterocycles. The number of imide groups is 1. The minimum absolute atomic E-state index is 0.0225. The molecule has 1 atom stereocenters. The molecule has 1 saturated heterocycles. The lowest BCUT2D eigenvalue weighted by Gasteiger charge is -2.19. The van der Waals surface area contributed by atoms with Gasteiger partial charge < -0.3 is 4.74 Å². The maximum atomic E-state index is 12.9. The number of Topliss-reactive ketones (excluding diaryl/α,β-unsaturated/α-hetero) is 1. The number of ether oxygens (including phenoxy) is 1. The Hall–Kier alpha value is -2.67. The first-order valence-corrected chi connectivity index (χ1v) is 9.12. The monoisotopic (exact) mass is 373 g/mol. The van der Waals surface area contributed by atoms with Gasteiger partial charge in [-0.1, -0.05) is 30.3 Å². The number of carbonyl (C=O) groups excluding carboxylic acids is 3. The molecule has 1 heterocycles. The Bertz CT molecular complexity index is 810. The van der Waals surface area contributed by atoms with E-state index in [1.165, 1.54) is 24.3 Å². The van der Waals surface area contributed by atoms with Crippen LogP contribution in [-0.2, 0) is 9.53 Å². The molecule has 0 aliphatic carbocycles. The molecule has 26 heavy (non-hydrogen) atoms. The normalized spacial score (nSPS) is 16.4. The Morgan fingerprint density at radius 3 is 2.46 bits per heavy atom. The molecule has 1 aliphatic heterocycles. The SMILES string of the molecule is O=C(CSCC(=O)N1C(=O)OC[C@@H]1c1ccccc1)c1ccc(F)cc1. The van der Waals surface area contributed by atoms with Crippen molar-refractivity contribution in [3.63, 3.8) is 0 Å². The number of thioether (sulfide) groups is 1. The number of hydrogen-bond acceptors (Lipinski definition) is 5. The zero-order chi connectivity index (χ0) is 18.5. The van der Waals surface area contributed by atoms with E-state index < -0.39 is 23.9 Å². The Labute approximate surface area is 154 Å². The van der Waals surface area contributed by atoms with E-state index in [-0.39, 0.29) is 23.9 Å². The average Bonchev–Trinajstić information content (AvgIpc) is 3.04. The Balaban J connectivity index is 1.57. The van der Waals surface area contributed by atoms with Crippen molar-refractivity contribution >= 4 is 29.5 Å². The van der Waals surface area contributed by atoms with Crippen molar-refractivity contribution in [2.24, 2.45) is 0 Å². The van der Waals surface area contributed by atoms with Gasteiger partial charge in [-0.05, 0) is 29.8 Å². The molecule has 0 bridgehead atoms. The van der Waals surface area contributed by atoms with Crippen molar-refractivity contribution in [2.75, 3.05) is 18.1 Å². The van der Waals surface area contributed by atoms with Crippen molar-refractivity contribution in [3.05, 3.63) is 71.5 Å². The van der Waals surface area contributed by atoms with E-state index in [2.05, 4.69) is 0 Å². The lowest BCUT2D eigenvalue weighted by atomic mass is 10.1. The standard InChI is InChI=1S/C19H16FNO4S/c20-15-8-6-14(7-9-15)17(22)11-26-12-18(23)21-16(10-25-19(21)24)13-4-2-1-3-5-13/h1-9,16H,10-12H2/t16-/m1/s1. The van der Waals surface area contributed by atoms with Crippen molar-refractivity contribution in [3.8, 4) is 0 Å². The molecule has 0 saturated carbocycles. The fraction of sp³-hybridized carbons (Fsp3) is 0.211. The molecule has 1 fully saturated rings. The van der Waals surface area contributed by atoms with Gasteiger partial charge in [0.25, 0.3) is 0 Å². The largest absolute Gasteiger partial charge is 0.446 e. The van der Waals surface area contributed by atoms with Crippen LogP contribution >= 0.6 is 11.8 Å². The van der Waals surface area contributed by atoms with Gasteiger partial charge in [0, 0.05) is 5.56 Å². The number of halogens is 1. The van der Waals surface area contributed by atoms with Crippen LogP contribution in [0.4, 0.5) is 9.18 Å². The number of nitrogens with zero attached hydrogens (tertiary/aromatic N) is 1. The van der Waals surface area contributed by atoms with Gasteiger partial charge in [-0.2, -0.15) is 0 Å². The highest BCUT2D eigenvalue weighted by molar-refractivity contribution is 8.00. The van der Waals surface area contributed by atoms with E-state index in [9.17, 15) is 18.8 Å². The number of rotatable bonds is 6. The van der Waals surface area contributed by atoms with E-state index in [4.69, 9.17) is 4.74 Å². The summed E-state index contributed by atoms with van der Waals surface area (Å²) in [6.07, 6.45) is -0.672. The molecule has 134 valence electrons.